The number of amides is 2. The van der Waals surface area contributed by atoms with Crippen molar-refractivity contribution in [3.8, 4) is 5.75 Å². The summed E-state index contributed by atoms with van der Waals surface area (Å²) >= 11 is 0. The van der Waals surface area contributed by atoms with E-state index in [-0.39, 0.29) is 11.1 Å². The Hall–Kier alpha value is -3.56. The molecule has 0 radical (unpaired) electrons. The zero-order valence-corrected chi connectivity index (χ0v) is 14.4. The van der Waals surface area contributed by atoms with Crippen LogP contribution in [0.3, 0.4) is 0 Å². The van der Waals surface area contributed by atoms with Crippen molar-refractivity contribution in [2.75, 3.05) is 5.32 Å². The number of anilines is 1. The Balaban J connectivity index is 1.93. The zero-order chi connectivity index (χ0) is 20.9. The molecule has 0 bridgehead atoms. The van der Waals surface area contributed by atoms with Crippen LogP contribution in [-0.4, -0.2) is 30.2 Å². The average molecular weight is 396 g/mol. The molecule has 0 heterocycles. The summed E-state index contributed by atoms with van der Waals surface area (Å²) in [5.41, 5.74) is 5.67. The smallest absolute Gasteiger partial charge is 0.449 e. The van der Waals surface area contributed by atoms with Gasteiger partial charge < -0.3 is 20.5 Å². The van der Waals surface area contributed by atoms with Crippen LogP contribution in [0.1, 0.15) is 27.6 Å². The third kappa shape index (κ3) is 6.01. The van der Waals surface area contributed by atoms with Gasteiger partial charge >= 0.3 is 12.3 Å². The minimum absolute atomic E-state index is 0.0556. The second-order valence-corrected chi connectivity index (χ2v) is 5.55. The topological polar surface area (TPSA) is 108 Å². The maximum absolute atomic E-state index is 12.1. The summed E-state index contributed by atoms with van der Waals surface area (Å²) in [6.45, 7) is 1.33. The van der Waals surface area contributed by atoms with E-state index in [0.717, 1.165) is 24.3 Å². The van der Waals surface area contributed by atoms with E-state index < -0.39 is 36.0 Å². The first kappa shape index (κ1) is 20.7. The van der Waals surface area contributed by atoms with E-state index in [0.29, 0.717) is 5.69 Å². The lowest BCUT2D eigenvalue weighted by Gasteiger charge is -2.14. The Labute approximate surface area is 157 Å². The molecule has 7 nitrogen and oxygen atoms in total. The highest BCUT2D eigenvalue weighted by atomic mass is 19.4. The van der Waals surface area contributed by atoms with E-state index in [9.17, 15) is 27.6 Å². The summed E-state index contributed by atoms with van der Waals surface area (Å²) in [5.74, 6) is -2.65. The average Bonchev–Trinajstić information content (AvgIpc) is 2.61. The van der Waals surface area contributed by atoms with Gasteiger partial charge in [0.1, 0.15) is 5.75 Å². The zero-order valence-electron chi connectivity index (χ0n) is 14.4. The first-order valence-corrected chi connectivity index (χ1v) is 7.82. The second kappa shape index (κ2) is 8.42. The van der Waals surface area contributed by atoms with Gasteiger partial charge in [0.15, 0.2) is 6.10 Å². The van der Waals surface area contributed by atoms with Crippen LogP contribution in [0.25, 0.3) is 0 Å². The van der Waals surface area contributed by atoms with Crippen molar-refractivity contribution in [2.24, 2.45) is 5.73 Å². The van der Waals surface area contributed by atoms with Gasteiger partial charge in [-0.1, -0.05) is 0 Å². The third-order valence-corrected chi connectivity index (χ3v) is 3.41. The monoisotopic (exact) mass is 396 g/mol. The molecule has 2 aromatic rings. The lowest BCUT2D eigenvalue weighted by atomic mass is 10.2. The molecule has 0 aliphatic carbocycles. The second-order valence-electron chi connectivity index (χ2n) is 5.55. The van der Waals surface area contributed by atoms with Crippen LogP contribution in [0, 0.1) is 0 Å². The van der Waals surface area contributed by atoms with Gasteiger partial charge in [-0.3, -0.25) is 9.59 Å². The van der Waals surface area contributed by atoms with Gasteiger partial charge in [0.2, 0.25) is 5.91 Å². The minimum atomic E-state index is -4.84. The molecule has 1 atom stereocenters. The number of hydrogen-bond donors (Lipinski definition) is 2. The van der Waals surface area contributed by atoms with Crippen molar-refractivity contribution in [3.05, 3.63) is 59.7 Å². The Kier molecular flexibility index (Phi) is 6.24. The predicted octanol–water partition coefficient (Wildman–Crippen LogP) is 2.87. The molecule has 2 amide bonds. The van der Waals surface area contributed by atoms with Crippen molar-refractivity contribution < 1.29 is 37.0 Å². The number of ether oxygens (including phenoxy) is 2. The number of hydrogen-bond acceptors (Lipinski definition) is 5. The number of esters is 1. The first-order chi connectivity index (χ1) is 13.0. The molecule has 148 valence electrons. The molecule has 10 heteroatoms. The summed E-state index contributed by atoms with van der Waals surface area (Å²) in [7, 11) is 0. The summed E-state index contributed by atoms with van der Waals surface area (Å²) in [6, 6.07) is 9.80. The number of benzene rings is 2. The molecule has 0 aromatic heterocycles. The number of carbonyl (C=O) groups excluding carboxylic acids is 3. The highest BCUT2D eigenvalue weighted by Gasteiger charge is 2.31. The van der Waals surface area contributed by atoms with E-state index in [1.54, 1.807) is 0 Å². The fourth-order valence-electron chi connectivity index (χ4n) is 2.04. The molecule has 0 unspecified atom stereocenters. The molecule has 28 heavy (non-hydrogen) atoms. The molecule has 0 fully saturated rings. The van der Waals surface area contributed by atoms with Crippen molar-refractivity contribution in [1.82, 2.24) is 0 Å². The molecular weight excluding hydrogens is 381 g/mol. The van der Waals surface area contributed by atoms with Gasteiger partial charge in [-0.2, -0.15) is 0 Å². The van der Waals surface area contributed by atoms with Gasteiger partial charge in [-0.05, 0) is 55.5 Å². The van der Waals surface area contributed by atoms with E-state index >= 15 is 0 Å². The predicted molar refractivity (Wildman–Crippen MR) is 91.6 cm³/mol. The van der Waals surface area contributed by atoms with Crippen LogP contribution in [0.4, 0.5) is 18.9 Å². The SMILES string of the molecule is C[C@H](OC(=O)c1ccc(OC(F)(F)F)cc1)C(=O)Nc1ccc(C(N)=O)cc1. The fraction of sp³-hybridized carbons (Fsp3) is 0.167. The third-order valence-electron chi connectivity index (χ3n) is 3.41. The van der Waals surface area contributed by atoms with Crippen LogP contribution in [-0.2, 0) is 9.53 Å². The van der Waals surface area contributed by atoms with Gasteiger partial charge in [-0.15, -0.1) is 13.2 Å². The lowest BCUT2D eigenvalue weighted by Crippen LogP contribution is -2.30. The van der Waals surface area contributed by atoms with Gasteiger partial charge in [0.25, 0.3) is 5.91 Å². The standard InChI is InChI=1S/C18H15F3N2O5/c1-10(16(25)23-13-6-2-11(3-7-13)15(22)24)27-17(26)12-4-8-14(9-5-12)28-18(19,20)21/h2-10H,1H3,(H2,22,24)(H,23,25)/t10-/m0/s1. The number of halogens is 3. The van der Waals surface area contributed by atoms with Gasteiger partial charge in [-0.25, -0.2) is 4.79 Å². The van der Waals surface area contributed by atoms with Crippen molar-refractivity contribution in [2.45, 2.75) is 19.4 Å². The number of nitrogens with one attached hydrogen (secondary N) is 1. The maximum Gasteiger partial charge on any atom is 0.573 e. The Morgan fingerprint density at radius 3 is 2.00 bits per heavy atom. The number of nitrogens with two attached hydrogens (primary N) is 1. The number of carbonyl (C=O) groups is 3. The molecule has 0 aliphatic rings. The van der Waals surface area contributed by atoms with Crippen LogP contribution >= 0.6 is 0 Å². The first-order valence-electron chi connectivity index (χ1n) is 7.82. The summed E-state index contributed by atoms with van der Waals surface area (Å²) < 4.78 is 45.0. The van der Waals surface area contributed by atoms with E-state index in [1.165, 1.54) is 31.2 Å². The Morgan fingerprint density at radius 1 is 0.964 bits per heavy atom. The van der Waals surface area contributed by atoms with Crippen LogP contribution in [0.15, 0.2) is 48.5 Å². The summed E-state index contributed by atoms with van der Waals surface area (Å²) in [6.07, 6.45) is -6.03. The summed E-state index contributed by atoms with van der Waals surface area (Å²) in [4.78, 5) is 35.1. The summed E-state index contributed by atoms with van der Waals surface area (Å²) in [5, 5.41) is 2.49. The van der Waals surface area contributed by atoms with E-state index in [2.05, 4.69) is 10.1 Å². The molecule has 0 spiro atoms. The quantitative estimate of drug-likeness (QED) is 0.730. The minimum Gasteiger partial charge on any atom is -0.449 e. The molecule has 0 saturated heterocycles. The normalized spacial score (nSPS) is 12.0. The van der Waals surface area contributed by atoms with Crippen molar-refractivity contribution in [1.29, 1.82) is 0 Å². The highest BCUT2D eigenvalue weighted by Crippen LogP contribution is 2.23. The molecule has 0 aliphatic heterocycles. The molecule has 2 rings (SSSR count). The van der Waals surface area contributed by atoms with Gasteiger partial charge in [0, 0.05) is 11.3 Å². The van der Waals surface area contributed by atoms with Crippen LogP contribution < -0.4 is 15.8 Å². The molecule has 3 N–H and O–H groups in total. The van der Waals surface area contributed by atoms with Crippen molar-refractivity contribution in [3.63, 3.8) is 0 Å². The van der Waals surface area contributed by atoms with E-state index in [4.69, 9.17) is 10.5 Å². The lowest BCUT2D eigenvalue weighted by molar-refractivity contribution is -0.274. The van der Waals surface area contributed by atoms with Gasteiger partial charge in [0.05, 0.1) is 5.56 Å². The number of rotatable bonds is 6. The highest BCUT2D eigenvalue weighted by molar-refractivity contribution is 5.98. The number of primary amides is 1. The largest absolute Gasteiger partial charge is 0.573 e. The molecular formula is C18H15F3N2O5. The molecule has 0 saturated carbocycles. The number of alkyl halides is 3. The maximum atomic E-state index is 12.1. The van der Waals surface area contributed by atoms with Crippen LogP contribution in [0.5, 0.6) is 5.75 Å². The molecule has 2 aromatic carbocycles. The fourth-order valence-corrected chi connectivity index (χ4v) is 2.04. The van der Waals surface area contributed by atoms with E-state index in [1.807, 2.05) is 0 Å². The Bertz CT molecular complexity index is 864. The van der Waals surface area contributed by atoms with Crippen molar-refractivity contribution >= 4 is 23.5 Å². The van der Waals surface area contributed by atoms with Crippen LogP contribution in [0.2, 0.25) is 0 Å². The Morgan fingerprint density at radius 2 is 1.50 bits per heavy atom.